The lowest BCUT2D eigenvalue weighted by Gasteiger charge is -2.07. The van der Waals surface area contributed by atoms with E-state index < -0.39 is 0 Å². The molecule has 0 radical (unpaired) electrons. The quantitative estimate of drug-likeness (QED) is 0.771. The van der Waals surface area contributed by atoms with Crippen molar-refractivity contribution in [2.24, 2.45) is 0 Å². The maximum Gasteiger partial charge on any atom is 0.145 e. The Bertz CT molecular complexity index is 502. The molecule has 0 bridgehead atoms. The van der Waals surface area contributed by atoms with Crippen LogP contribution in [-0.2, 0) is 0 Å². The molecule has 3 nitrogen and oxygen atoms in total. The van der Waals surface area contributed by atoms with Gasteiger partial charge in [0.1, 0.15) is 23.5 Å². The van der Waals surface area contributed by atoms with E-state index in [0.717, 1.165) is 0 Å². The molecule has 16 heavy (non-hydrogen) atoms. The molecule has 0 saturated heterocycles. The molecule has 0 amide bonds. The number of allylic oxidation sites excluding steroid dienone is 1. The standard InChI is InChI=1S/C12H10FN3/c1-8-3-4-11(9(2)12(8)13)16-7-10(5-14)6-15/h3-4,7,16H,1-2H3. The third kappa shape index (κ3) is 2.37. The Morgan fingerprint density at radius 1 is 1.31 bits per heavy atom. The Hall–Kier alpha value is -2.33. The van der Waals surface area contributed by atoms with E-state index in [1.54, 1.807) is 38.1 Å². The van der Waals surface area contributed by atoms with Gasteiger partial charge in [0.15, 0.2) is 0 Å². The van der Waals surface area contributed by atoms with E-state index in [4.69, 9.17) is 10.5 Å². The molecule has 0 spiro atoms. The van der Waals surface area contributed by atoms with Crippen molar-refractivity contribution in [3.8, 4) is 12.1 Å². The molecular weight excluding hydrogens is 205 g/mol. The van der Waals surface area contributed by atoms with Gasteiger partial charge in [-0.05, 0) is 25.5 Å². The second kappa shape index (κ2) is 4.95. The van der Waals surface area contributed by atoms with Crippen LogP contribution in [0.3, 0.4) is 0 Å². The molecule has 0 heterocycles. The predicted molar refractivity (Wildman–Crippen MR) is 58.8 cm³/mol. The number of anilines is 1. The van der Waals surface area contributed by atoms with Crippen LogP contribution in [-0.4, -0.2) is 0 Å². The van der Waals surface area contributed by atoms with Crippen LogP contribution >= 0.6 is 0 Å². The normalized spacial score (nSPS) is 8.81. The Labute approximate surface area is 93.4 Å². The molecule has 0 fully saturated rings. The van der Waals surface area contributed by atoms with Crippen LogP contribution < -0.4 is 5.32 Å². The van der Waals surface area contributed by atoms with Gasteiger partial charge >= 0.3 is 0 Å². The van der Waals surface area contributed by atoms with Crippen LogP contribution in [0, 0.1) is 42.3 Å². The van der Waals surface area contributed by atoms with Crippen molar-refractivity contribution >= 4 is 5.69 Å². The van der Waals surface area contributed by atoms with E-state index in [1.165, 1.54) is 6.20 Å². The van der Waals surface area contributed by atoms with Crippen molar-refractivity contribution in [3.05, 3.63) is 40.8 Å². The summed E-state index contributed by atoms with van der Waals surface area (Å²) >= 11 is 0. The third-order valence-electron chi connectivity index (χ3n) is 2.19. The number of aryl methyl sites for hydroxylation is 1. The number of benzene rings is 1. The summed E-state index contributed by atoms with van der Waals surface area (Å²) in [6, 6.07) is 6.76. The molecule has 0 aliphatic rings. The smallest absolute Gasteiger partial charge is 0.145 e. The van der Waals surface area contributed by atoms with E-state index in [-0.39, 0.29) is 11.4 Å². The highest BCUT2D eigenvalue weighted by molar-refractivity contribution is 5.56. The highest BCUT2D eigenvalue weighted by atomic mass is 19.1. The van der Waals surface area contributed by atoms with Crippen molar-refractivity contribution in [3.63, 3.8) is 0 Å². The summed E-state index contributed by atoms with van der Waals surface area (Å²) < 4.78 is 13.5. The SMILES string of the molecule is Cc1ccc(NC=C(C#N)C#N)c(C)c1F. The highest BCUT2D eigenvalue weighted by Gasteiger charge is 2.05. The molecule has 80 valence electrons. The summed E-state index contributed by atoms with van der Waals surface area (Å²) in [7, 11) is 0. The Morgan fingerprint density at radius 2 is 1.94 bits per heavy atom. The minimum absolute atomic E-state index is 0.0552. The molecule has 0 aromatic heterocycles. The van der Waals surface area contributed by atoms with Gasteiger partial charge in [-0.25, -0.2) is 4.39 Å². The zero-order valence-corrected chi connectivity index (χ0v) is 9.00. The lowest BCUT2D eigenvalue weighted by atomic mass is 10.1. The van der Waals surface area contributed by atoms with Crippen molar-refractivity contribution in [2.45, 2.75) is 13.8 Å². The molecule has 0 aliphatic carbocycles. The Balaban J connectivity index is 3.02. The van der Waals surface area contributed by atoms with Gasteiger partial charge in [-0.3, -0.25) is 0 Å². The van der Waals surface area contributed by atoms with Crippen LogP contribution in [0.2, 0.25) is 0 Å². The van der Waals surface area contributed by atoms with Gasteiger partial charge < -0.3 is 5.32 Å². The summed E-state index contributed by atoms with van der Waals surface area (Å²) in [5, 5.41) is 19.8. The molecule has 1 rings (SSSR count). The fourth-order valence-corrected chi connectivity index (χ4v) is 1.22. The van der Waals surface area contributed by atoms with E-state index in [2.05, 4.69) is 5.32 Å². The van der Waals surface area contributed by atoms with Gasteiger partial charge in [0.05, 0.1) is 0 Å². The fraction of sp³-hybridized carbons (Fsp3) is 0.167. The van der Waals surface area contributed by atoms with Crippen LogP contribution in [0.5, 0.6) is 0 Å². The lowest BCUT2D eigenvalue weighted by molar-refractivity contribution is 0.610. The number of hydrogen-bond acceptors (Lipinski definition) is 3. The molecule has 1 aromatic carbocycles. The maximum absolute atomic E-state index is 13.5. The molecular formula is C12H10FN3. The molecule has 1 aromatic rings. The minimum Gasteiger partial charge on any atom is -0.360 e. The van der Waals surface area contributed by atoms with E-state index in [0.29, 0.717) is 16.8 Å². The summed E-state index contributed by atoms with van der Waals surface area (Å²) in [5.74, 6) is -0.283. The monoisotopic (exact) mass is 215 g/mol. The van der Waals surface area contributed by atoms with Gasteiger partial charge in [0.2, 0.25) is 0 Å². The first-order chi connectivity index (χ1) is 7.60. The van der Waals surface area contributed by atoms with Gasteiger partial charge in [-0.1, -0.05) is 6.07 Å². The number of rotatable bonds is 2. The topological polar surface area (TPSA) is 59.6 Å². The number of nitrogens with one attached hydrogen (secondary N) is 1. The van der Waals surface area contributed by atoms with Crippen LogP contribution in [0.25, 0.3) is 0 Å². The first-order valence-electron chi connectivity index (χ1n) is 4.62. The molecule has 0 unspecified atom stereocenters. The lowest BCUT2D eigenvalue weighted by Crippen LogP contribution is -1.96. The first-order valence-corrected chi connectivity index (χ1v) is 4.62. The van der Waals surface area contributed by atoms with Crippen LogP contribution in [0.4, 0.5) is 10.1 Å². The Morgan fingerprint density at radius 3 is 2.50 bits per heavy atom. The second-order valence-corrected chi connectivity index (χ2v) is 3.29. The van der Waals surface area contributed by atoms with Crippen molar-refractivity contribution in [1.82, 2.24) is 0 Å². The summed E-state index contributed by atoms with van der Waals surface area (Å²) in [6.07, 6.45) is 1.26. The Kier molecular flexibility index (Phi) is 3.63. The largest absolute Gasteiger partial charge is 0.360 e. The number of hydrogen-bond donors (Lipinski definition) is 1. The number of nitriles is 2. The van der Waals surface area contributed by atoms with Crippen molar-refractivity contribution < 1.29 is 4.39 Å². The molecule has 0 atom stereocenters. The van der Waals surface area contributed by atoms with Crippen molar-refractivity contribution in [1.29, 1.82) is 10.5 Å². The summed E-state index contributed by atoms with van der Waals surface area (Å²) in [5.41, 5.74) is 1.52. The average Bonchev–Trinajstić information content (AvgIpc) is 2.30. The zero-order chi connectivity index (χ0) is 12.1. The van der Waals surface area contributed by atoms with Crippen LogP contribution in [0.15, 0.2) is 23.9 Å². The fourth-order valence-electron chi connectivity index (χ4n) is 1.22. The predicted octanol–water partition coefficient (Wildman–Crippen LogP) is 2.79. The highest BCUT2D eigenvalue weighted by Crippen LogP contribution is 2.20. The van der Waals surface area contributed by atoms with Crippen molar-refractivity contribution in [2.75, 3.05) is 5.32 Å². The van der Waals surface area contributed by atoms with Gasteiger partial charge in [0.25, 0.3) is 0 Å². The van der Waals surface area contributed by atoms with E-state index in [9.17, 15) is 4.39 Å². The number of nitrogens with zero attached hydrogens (tertiary/aromatic N) is 2. The van der Waals surface area contributed by atoms with Gasteiger partial charge in [-0.15, -0.1) is 0 Å². The summed E-state index contributed by atoms with van der Waals surface area (Å²) in [4.78, 5) is 0. The van der Waals surface area contributed by atoms with Gasteiger partial charge in [0, 0.05) is 17.5 Å². The molecule has 0 saturated carbocycles. The molecule has 0 aliphatic heterocycles. The maximum atomic E-state index is 13.5. The van der Waals surface area contributed by atoms with Crippen LogP contribution in [0.1, 0.15) is 11.1 Å². The minimum atomic E-state index is -0.283. The number of halogens is 1. The molecule has 4 heteroatoms. The summed E-state index contributed by atoms with van der Waals surface area (Å²) in [6.45, 7) is 3.31. The zero-order valence-electron chi connectivity index (χ0n) is 9.00. The van der Waals surface area contributed by atoms with E-state index >= 15 is 0 Å². The second-order valence-electron chi connectivity index (χ2n) is 3.29. The van der Waals surface area contributed by atoms with Gasteiger partial charge in [-0.2, -0.15) is 10.5 Å². The average molecular weight is 215 g/mol. The van der Waals surface area contributed by atoms with E-state index in [1.807, 2.05) is 0 Å². The third-order valence-corrected chi connectivity index (χ3v) is 2.19. The molecule has 1 N–H and O–H groups in total. The first kappa shape index (κ1) is 11.7.